The highest BCUT2D eigenvalue weighted by atomic mass is 16.1. The van der Waals surface area contributed by atoms with Crippen LogP contribution in [0.4, 0.5) is 0 Å². The SMILES string of the molecule is NC(=O)/C=C/C(/C=C/C(N)=O)c1ccc(-c2ccccc2)cc1. The second kappa shape index (κ2) is 7.75. The van der Waals surface area contributed by atoms with Crippen molar-refractivity contribution < 1.29 is 9.59 Å². The molecule has 0 saturated carbocycles. The summed E-state index contributed by atoms with van der Waals surface area (Å²) in [5, 5.41) is 0. The number of carbonyl (C=O) groups excluding carboxylic acids is 2. The molecule has 4 nitrogen and oxygen atoms in total. The quantitative estimate of drug-likeness (QED) is 0.803. The Morgan fingerprint density at radius 2 is 1.22 bits per heavy atom. The number of rotatable bonds is 6. The first-order valence-corrected chi connectivity index (χ1v) is 7.17. The van der Waals surface area contributed by atoms with Crippen LogP contribution >= 0.6 is 0 Å². The van der Waals surface area contributed by atoms with Gasteiger partial charge in [-0.2, -0.15) is 0 Å². The molecule has 0 aliphatic heterocycles. The highest BCUT2D eigenvalue weighted by molar-refractivity contribution is 5.87. The number of carbonyl (C=O) groups is 2. The third-order valence-corrected chi connectivity index (χ3v) is 3.34. The minimum Gasteiger partial charge on any atom is -0.366 e. The van der Waals surface area contributed by atoms with E-state index in [9.17, 15) is 9.59 Å². The third kappa shape index (κ3) is 4.97. The van der Waals surface area contributed by atoms with Crippen LogP contribution in [-0.4, -0.2) is 11.8 Å². The normalized spacial score (nSPS) is 11.3. The second-order valence-electron chi connectivity index (χ2n) is 5.04. The zero-order chi connectivity index (χ0) is 16.7. The predicted octanol–water partition coefficient (Wildman–Crippen LogP) is 2.52. The molecule has 0 bridgehead atoms. The van der Waals surface area contributed by atoms with Crippen LogP contribution in [0.5, 0.6) is 0 Å². The molecule has 0 aromatic heterocycles. The molecule has 4 N–H and O–H groups in total. The van der Waals surface area contributed by atoms with Crippen molar-refractivity contribution in [3.8, 4) is 11.1 Å². The molecule has 2 aromatic rings. The van der Waals surface area contributed by atoms with Gasteiger partial charge in [-0.3, -0.25) is 9.59 Å². The van der Waals surface area contributed by atoms with Gasteiger partial charge in [0.15, 0.2) is 0 Å². The summed E-state index contributed by atoms with van der Waals surface area (Å²) in [6, 6.07) is 17.9. The Balaban J connectivity index is 2.28. The molecule has 2 aromatic carbocycles. The van der Waals surface area contributed by atoms with E-state index < -0.39 is 11.8 Å². The number of amides is 2. The average Bonchev–Trinajstić information content (AvgIpc) is 2.55. The molecule has 0 fully saturated rings. The van der Waals surface area contributed by atoms with Crippen LogP contribution in [0.3, 0.4) is 0 Å². The molecule has 23 heavy (non-hydrogen) atoms. The van der Waals surface area contributed by atoms with Crippen LogP contribution in [0.2, 0.25) is 0 Å². The van der Waals surface area contributed by atoms with Gasteiger partial charge in [0.2, 0.25) is 11.8 Å². The van der Waals surface area contributed by atoms with E-state index in [0.717, 1.165) is 16.7 Å². The maximum Gasteiger partial charge on any atom is 0.241 e. The van der Waals surface area contributed by atoms with Gasteiger partial charge in [-0.25, -0.2) is 0 Å². The maximum absolute atomic E-state index is 10.9. The van der Waals surface area contributed by atoms with Crippen molar-refractivity contribution in [2.75, 3.05) is 0 Å². The van der Waals surface area contributed by atoms with Gasteiger partial charge in [-0.15, -0.1) is 0 Å². The van der Waals surface area contributed by atoms with E-state index >= 15 is 0 Å². The fraction of sp³-hybridized carbons (Fsp3) is 0.0526. The summed E-state index contributed by atoms with van der Waals surface area (Å²) in [6.45, 7) is 0. The molecule has 2 amide bonds. The lowest BCUT2D eigenvalue weighted by Crippen LogP contribution is -2.08. The second-order valence-corrected chi connectivity index (χ2v) is 5.04. The number of hydrogen-bond donors (Lipinski definition) is 2. The summed E-state index contributed by atoms with van der Waals surface area (Å²) in [5.74, 6) is -1.33. The third-order valence-electron chi connectivity index (χ3n) is 3.34. The van der Waals surface area contributed by atoms with Gasteiger partial charge in [0.1, 0.15) is 0 Å². The molecule has 116 valence electrons. The van der Waals surface area contributed by atoms with Crippen molar-refractivity contribution in [1.82, 2.24) is 0 Å². The van der Waals surface area contributed by atoms with Crippen LogP contribution in [0.15, 0.2) is 78.9 Å². The zero-order valence-electron chi connectivity index (χ0n) is 12.6. The number of primary amides is 2. The van der Waals surface area contributed by atoms with Crippen molar-refractivity contribution in [1.29, 1.82) is 0 Å². The molecule has 4 heteroatoms. The number of nitrogens with two attached hydrogens (primary N) is 2. The van der Waals surface area contributed by atoms with Gasteiger partial charge in [0.05, 0.1) is 0 Å². The molecule has 0 atom stereocenters. The van der Waals surface area contributed by atoms with Crippen LogP contribution in [-0.2, 0) is 9.59 Å². The van der Waals surface area contributed by atoms with Gasteiger partial charge in [0, 0.05) is 5.92 Å². The smallest absolute Gasteiger partial charge is 0.241 e. The van der Waals surface area contributed by atoms with E-state index in [1.165, 1.54) is 12.2 Å². The minimum absolute atomic E-state index is 0.250. The summed E-state index contributed by atoms with van der Waals surface area (Å²) >= 11 is 0. The molecule has 0 radical (unpaired) electrons. The van der Waals surface area contributed by atoms with Gasteiger partial charge in [-0.1, -0.05) is 66.7 Å². The highest BCUT2D eigenvalue weighted by Crippen LogP contribution is 2.24. The Hall–Kier alpha value is -3.14. The largest absolute Gasteiger partial charge is 0.366 e. The molecule has 0 saturated heterocycles. The zero-order valence-corrected chi connectivity index (χ0v) is 12.6. The van der Waals surface area contributed by atoms with Crippen LogP contribution in [0.1, 0.15) is 11.5 Å². The predicted molar refractivity (Wildman–Crippen MR) is 91.3 cm³/mol. The Morgan fingerprint density at radius 1 is 0.739 bits per heavy atom. The van der Waals surface area contributed by atoms with Crippen LogP contribution in [0, 0.1) is 0 Å². The first-order chi connectivity index (χ1) is 11.1. The monoisotopic (exact) mass is 306 g/mol. The average molecular weight is 306 g/mol. The molecule has 0 unspecified atom stereocenters. The van der Waals surface area contributed by atoms with Crippen molar-refractivity contribution >= 4 is 11.8 Å². The highest BCUT2D eigenvalue weighted by Gasteiger charge is 2.06. The number of allylic oxidation sites excluding steroid dienone is 2. The van der Waals surface area contributed by atoms with Gasteiger partial charge in [-0.05, 0) is 28.8 Å². The first-order valence-electron chi connectivity index (χ1n) is 7.17. The molecular weight excluding hydrogens is 288 g/mol. The number of hydrogen-bond acceptors (Lipinski definition) is 2. The van der Waals surface area contributed by atoms with E-state index in [1.807, 2.05) is 54.6 Å². The van der Waals surface area contributed by atoms with Crippen LogP contribution < -0.4 is 11.5 Å². The first kappa shape index (κ1) is 16.2. The number of benzene rings is 2. The molecule has 0 aliphatic carbocycles. The summed E-state index contributed by atoms with van der Waals surface area (Å²) < 4.78 is 0. The lowest BCUT2D eigenvalue weighted by molar-refractivity contribution is -0.114. The molecule has 0 spiro atoms. The van der Waals surface area contributed by atoms with E-state index in [1.54, 1.807) is 12.2 Å². The van der Waals surface area contributed by atoms with Crippen molar-refractivity contribution in [2.24, 2.45) is 11.5 Å². The molecular formula is C19H18N2O2. The standard InChI is InChI=1S/C19H18N2O2/c20-18(22)12-10-17(11-13-19(21)23)16-8-6-15(7-9-16)14-4-2-1-3-5-14/h1-13,17H,(H2,20,22)(H2,21,23)/b12-10+,13-11+. The Labute approximate surface area is 135 Å². The topological polar surface area (TPSA) is 86.2 Å². The fourth-order valence-electron chi connectivity index (χ4n) is 2.21. The van der Waals surface area contributed by atoms with E-state index in [4.69, 9.17) is 11.5 Å². The lowest BCUT2D eigenvalue weighted by Gasteiger charge is -2.10. The molecule has 0 aliphatic rings. The Morgan fingerprint density at radius 3 is 1.70 bits per heavy atom. The minimum atomic E-state index is -0.539. The van der Waals surface area contributed by atoms with Gasteiger partial charge in [0.25, 0.3) is 0 Å². The lowest BCUT2D eigenvalue weighted by atomic mass is 9.95. The Kier molecular flexibility index (Phi) is 5.47. The summed E-state index contributed by atoms with van der Waals surface area (Å²) in [6.07, 6.45) is 5.83. The molecule has 2 rings (SSSR count). The van der Waals surface area contributed by atoms with E-state index in [0.29, 0.717) is 0 Å². The van der Waals surface area contributed by atoms with Crippen molar-refractivity contribution in [2.45, 2.75) is 5.92 Å². The maximum atomic E-state index is 10.9. The van der Waals surface area contributed by atoms with Crippen molar-refractivity contribution in [3.05, 3.63) is 84.5 Å². The van der Waals surface area contributed by atoms with E-state index in [-0.39, 0.29) is 5.92 Å². The Bertz CT molecular complexity index is 708. The fourth-order valence-corrected chi connectivity index (χ4v) is 2.21. The summed E-state index contributed by atoms with van der Waals surface area (Å²) in [5.41, 5.74) is 13.4. The van der Waals surface area contributed by atoms with Gasteiger partial charge >= 0.3 is 0 Å². The summed E-state index contributed by atoms with van der Waals surface area (Å²) in [7, 11) is 0. The molecule has 0 heterocycles. The summed E-state index contributed by atoms with van der Waals surface area (Å²) in [4.78, 5) is 21.9. The van der Waals surface area contributed by atoms with Crippen molar-refractivity contribution in [3.63, 3.8) is 0 Å². The van der Waals surface area contributed by atoms with Gasteiger partial charge < -0.3 is 11.5 Å². The van der Waals surface area contributed by atoms with E-state index in [2.05, 4.69) is 0 Å². The van der Waals surface area contributed by atoms with Crippen LogP contribution in [0.25, 0.3) is 11.1 Å².